The highest BCUT2D eigenvalue weighted by Crippen LogP contribution is 2.31. The number of aliphatic hydroxyl groups is 1. The molecule has 1 N–H and O–H groups in total. The minimum atomic E-state index is 0.0292. The molecule has 3 nitrogen and oxygen atoms in total. The van der Waals surface area contributed by atoms with E-state index in [1.54, 1.807) is 11.3 Å². The molecule has 3 aromatic rings. The van der Waals surface area contributed by atoms with E-state index in [-0.39, 0.29) is 12.0 Å². The standard InChI is InChI=1S/C18H18O3S/c1-12-10-14(21-9-5-4-8-19)17-16(11-12)22-15-7-3-2-6-13(15)18(17)20/h2-3,6-7,10-11,19H,4-5,8-9H2,1H3. The summed E-state index contributed by atoms with van der Waals surface area (Å²) in [5, 5.41) is 10.2. The second kappa shape index (κ2) is 6.46. The number of aliphatic hydroxyl groups excluding tert-OH is 1. The summed E-state index contributed by atoms with van der Waals surface area (Å²) in [6.45, 7) is 2.68. The minimum absolute atomic E-state index is 0.0292. The van der Waals surface area contributed by atoms with Gasteiger partial charge in [0.25, 0.3) is 0 Å². The van der Waals surface area contributed by atoms with Crippen LogP contribution in [-0.2, 0) is 0 Å². The fraction of sp³-hybridized carbons (Fsp3) is 0.278. The molecule has 0 spiro atoms. The second-order valence-electron chi connectivity index (χ2n) is 5.34. The number of ether oxygens (including phenoxy) is 1. The largest absolute Gasteiger partial charge is 0.493 e. The average molecular weight is 314 g/mol. The van der Waals surface area contributed by atoms with Crippen LogP contribution < -0.4 is 10.2 Å². The number of hydrogen-bond acceptors (Lipinski definition) is 4. The number of aryl methyl sites for hydroxylation is 1. The quantitative estimate of drug-likeness (QED) is 0.574. The van der Waals surface area contributed by atoms with Crippen LogP contribution >= 0.6 is 11.3 Å². The Morgan fingerprint density at radius 3 is 2.77 bits per heavy atom. The Hall–Kier alpha value is -1.91. The number of hydrogen-bond donors (Lipinski definition) is 1. The van der Waals surface area contributed by atoms with Gasteiger partial charge in [-0.25, -0.2) is 0 Å². The van der Waals surface area contributed by atoms with Crippen molar-refractivity contribution in [3.63, 3.8) is 0 Å². The number of unbranched alkanes of at least 4 members (excludes halogenated alkanes) is 1. The molecule has 0 aliphatic carbocycles. The van der Waals surface area contributed by atoms with E-state index in [0.717, 1.165) is 26.8 Å². The van der Waals surface area contributed by atoms with Gasteiger partial charge in [0.2, 0.25) is 0 Å². The van der Waals surface area contributed by atoms with Crippen LogP contribution in [0.3, 0.4) is 0 Å². The van der Waals surface area contributed by atoms with E-state index < -0.39 is 0 Å². The van der Waals surface area contributed by atoms with Crippen LogP contribution in [0.1, 0.15) is 18.4 Å². The third-order valence-corrected chi connectivity index (χ3v) is 4.72. The fourth-order valence-corrected chi connectivity index (χ4v) is 3.73. The Balaban J connectivity index is 2.14. The predicted molar refractivity (Wildman–Crippen MR) is 92.2 cm³/mol. The molecule has 0 radical (unpaired) electrons. The fourth-order valence-electron chi connectivity index (χ4n) is 2.53. The summed E-state index contributed by atoms with van der Waals surface area (Å²) in [4.78, 5) is 12.8. The monoisotopic (exact) mass is 314 g/mol. The van der Waals surface area contributed by atoms with E-state index >= 15 is 0 Å². The Kier molecular flexibility index (Phi) is 4.41. The predicted octanol–water partition coefficient (Wildman–Crippen LogP) is 3.87. The molecule has 0 atom stereocenters. The smallest absolute Gasteiger partial charge is 0.199 e. The normalized spacial score (nSPS) is 11.2. The van der Waals surface area contributed by atoms with Crippen molar-refractivity contribution in [1.82, 2.24) is 0 Å². The second-order valence-corrected chi connectivity index (χ2v) is 6.43. The van der Waals surface area contributed by atoms with Crippen LogP contribution in [0.5, 0.6) is 5.75 Å². The maximum atomic E-state index is 12.8. The van der Waals surface area contributed by atoms with Crippen LogP contribution in [0.15, 0.2) is 41.2 Å². The number of benzene rings is 2. The summed E-state index contributed by atoms with van der Waals surface area (Å²) in [5.74, 6) is 0.653. The lowest BCUT2D eigenvalue weighted by Gasteiger charge is -2.10. The van der Waals surface area contributed by atoms with Crippen molar-refractivity contribution in [3.8, 4) is 5.75 Å². The van der Waals surface area contributed by atoms with Gasteiger partial charge in [0.1, 0.15) is 5.75 Å². The van der Waals surface area contributed by atoms with Crippen LogP contribution in [0, 0.1) is 6.92 Å². The Morgan fingerprint density at radius 1 is 1.14 bits per heavy atom. The Labute approximate surface area is 132 Å². The average Bonchev–Trinajstić information content (AvgIpc) is 2.51. The first-order valence-electron chi connectivity index (χ1n) is 7.40. The molecule has 0 aliphatic heterocycles. The molecule has 0 fully saturated rings. The van der Waals surface area contributed by atoms with E-state index in [1.807, 2.05) is 43.3 Å². The molecule has 0 saturated carbocycles. The topological polar surface area (TPSA) is 46.5 Å². The number of fused-ring (bicyclic) bond motifs is 2. The van der Waals surface area contributed by atoms with Crippen molar-refractivity contribution in [3.05, 3.63) is 52.2 Å². The van der Waals surface area contributed by atoms with E-state index in [1.165, 1.54) is 0 Å². The van der Waals surface area contributed by atoms with E-state index in [0.29, 0.717) is 24.2 Å². The van der Waals surface area contributed by atoms with Gasteiger partial charge in [-0.05, 0) is 49.6 Å². The van der Waals surface area contributed by atoms with Crippen LogP contribution in [0.4, 0.5) is 0 Å². The highest BCUT2D eigenvalue weighted by molar-refractivity contribution is 7.24. The highest BCUT2D eigenvalue weighted by Gasteiger charge is 2.12. The van der Waals surface area contributed by atoms with Gasteiger partial charge in [0.05, 0.1) is 12.0 Å². The number of rotatable bonds is 5. The summed E-state index contributed by atoms with van der Waals surface area (Å²) in [6, 6.07) is 11.6. The summed E-state index contributed by atoms with van der Waals surface area (Å²) < 4.78 is 7.78. The summed E-state index contributed by atoms with van der Waals surface area (Å²) in [6.07, 6.45) is 1.48. The molecule has 0 aliphatic rings. The van der Waals surface area contributed by atoms with Gasteiger partial charge >= 0.3 is 0 Å². The van der Waals surface area contributed by atoms with Crippen LogP contribution in [0.2, 0.25) is 0 Å². The molecule has 1 aromatic heterocycles. The molecular formula is C18H18O3S. The van der Waals surface area contributed by atoms with Gasteiger partial charge in [-0.15, -0.1) is 11.3 Å². The third-order valence-electron chi connectivity index (χ3n) is 3.60. The first-order valence-corrected chi connectivity index (χ1v) is 8.22. The molecule has 0 unspecified atom stereocenters. The zero-order chi connectivity index (χ0) is 15.5. The minimum Gasteiger partial charge on any atom is -0.493 e. The lowest BCUT2D eigenvalue weighted by Crippen LogP contribution is -2.06. The maximum Gasteiger partial charge on any atom is 0.199 e. The molecule has 2 aromatic carbocycles. The van der Waals surface area contributed by atoms with Crippen LogP contribution in [0.25, 0.3) is 20.2 Å². The molecule has 114 valence electrons. The lowest BCUT2D eigenvalue weighted by atomic mass is 10.1. The zero-order valence-corrected chi connectivity index (χ0v) is 13.3. The molecule has 0 bridgehead atoms. The summed E-state index contributed by atoms with van der Waals surface area (Å²) >= 11 is 1.62. The van der Waals surface area contributed by atoms with Crippen molar-refractivity contribution < 1.29 is 9.84 Å². The van der Waals surface area contributed by atoms with Crippen molar-refractivity contribution in [2.24, 2.45) is 0 Å². The van der Waals surface area contributed by atoms with Gasteiger partial charge in [0, 0.05) is 21.4 Å². The lowest BCUT2D eigenvalue weighted by molar-refractivity contribution is 0.254. The summed E-state index contributed by atoms with van der Waals surface area (Å²) in [7, 11) is 0. The first-order chi connectivity index (χ1) is 10.7. The Bertz CT molecular complexity index is 867. The first kappa shape index (κ1) is 15.0. The van der Waals surface area contributed by atoms with Gasteiger partial charge < -0.3 is 9.84 Å². The van der Waals surface area contributed by atoms with Crippen molar-refractivity contribution in [2.75, 3.05) is 13.2 Å². The van der Waals surface area contributed by atoms with Crippen molar-refractivity contribution in [2.45, 2.75) is 19.8 Å². The van der Waals surface area contributed by atoms with Crippen molar-refractivity contribution >= 4 is 31.5 Å². The molecule has 4 heteroatoms. The van der Waals surface area contributed by atoms with Gasteiger partial charge in [0.15, 0.2) is 5.43 Å². The third kappa shape index (κ3) is 2.85. The van der Waals surface area contributed by atoms with E-state index in [4.69, 9.17) is 9.84 Å². The maximum absolute atomic E-state index is 12.8. The van der Waals surface area contributed by atoms with Gasteiger partial charge in [-0.1, -0.05) is 12.1 Å². The SMILES string of the molecule is Cc1cc(OCCCCO)c2c(=O)c3ccccc3sc2c1. The summed E-state index contributed by atoms with van der Waals surface area (Å²) in [5.41, 5.74) is 1.11. The highest BCUT2D eigenvalue weighted by atomic mass is 32.1. The molecule has 0 amide bonds. The van der Waals surface area contributed by atoms with Crippen molar-refractivity contribution in [1.29, 1.82) is 0 Å². The van der Waals surface area contributed by atoms with E-state index in [2.05, 4.69) is 0 Å². The molecular weight excluding hydrogens is 296 g/mol. The molecule has 1 heterocycles. The van der Waals surface area contributed by atoms with Crippen LogP contribution in [-0.4, -0.2) is 18.3 Å². The molecule has 0 saturated heterocycles. The molecule has 3 rings (SSSR count). The zero-order valence-electron chi connectivity index (χ0n) is 12.5. The van der Waals surface area contributed by atoms with E-state index in [9.17, 15) is 4.79 Å². The van der Waals surface area contributed by atoms with Gasteiger partial charge in [-0.3, -0.25) is 4.79 Å². The Morgan fingerprint density at radius 2 is 1.95 bits per heavy atom. The molecule has 22 heavy (non-hydrogen) atoms. The van der Waals surface area contributed by atoms with Gasteiger partial charge in [-0.2, -0.15) is 0 Å².